The Labute approximate surface area is 124 Å². The zero-order chi connectivity index (χ0) is 15.2. The molecule has 1 atom stereocenters. The average molecular weight is 293 g/mol. The first kappa shape index (κ1) is 15.5. The van der Waals surface area contributed by atoms with Gasteiger partial charge in [0.1, 0.15) is 0 Å². The van der Waals surface area contributed by atoms with Crippen molar-refractivity contribution in [3.8, 4) is 0 Å². The molecular formula is C15H23N3O3. The number of carbonyl (C=O) groups excluding carboxylic acids is 1. The molecule has 6 nitrogen and oxygen atoms in total. The molecule has 1 aromatic heterocycles. The van der Waals surface area contributed by atoms with Crippen molar-refractivity contribution in [2.24, 2.45) is 13.0 Å². The summed E-state index contributed by atoms with van der Waals surface area (Å²) in [5.74, 6) is -1.26. The molecule has 0 radical (unpaired) electrons. The van der Waals surface area contributed by atoms with Crippen molar-refractivity contribution < 1.29 is 14.7 Å². The Morgan fingerprint density at radius 1 is 1.29 bits per heavy atom. The van der Waals surface area contributed by atoms with Crippen LogP contribution in [-0.2, 0) is 16.6 Å². The van der Waals surface area contributed by atoms with Crippen molar-refractivity contribution in [2.45, 2.75) is 51.0 Å². The minimum atomic E-state index is -1.05. The summed E-state index contributed by atoms with van der Waals surface area (Å²) in [5, 5.41) is 16.0. The lowest BCUT2D eigenvalue weighted by molar-refractivity contribution is -0.142. The van der Waals surface area contributed by atoms with Crippen LogP contribution in [0.25, 0.3) is 0 Å². The van der Waals surface area contributed by atoms with Crippen molar-refractivity contribution in [3.05, 3.63) is 18.0 Å². The van der Waals surface area contributed by atoms with Gasteiger partial charge in [-0.15, -0.1) is 0 Å². The Balaban J connectivity index is 2.02. The molecule has 2 N–H and O–H groups in total. The zero-order valence-electron chi connectivity index (χ0n) is 12.4. The SMILES string of the molecule is Cn1cc(C(NC(=O)C2CCCCCCC2)C(=O)O)cn1. The number of nitrogens with one attached hydrogen (secondary N) is 1. The first-order valence-electron chi connectivity index (χ1n) is 7.59. The molecule has 1 saturated carbocycles. The Hall–Kier alpha value is -1.85. The molecule has 6 heteroatoms. The predicted molar refractivity (Wildman–Crippen MR) is 77.5 cm³/mol. The molecule has 1 unspecified atom stereocenters. The number of hydrogen-bond donors (Lipinski definition) is 2. The molecule has 1 aromatic rings. The van der Waals surface area contributed by atoms with E-state index in [0.717, 1.165) is 38.5 Å². The number of rotatable bonds is 4. The molecule has 1 fully saturated rings. The molecule has 1 heterocycles. The predicted octanol–water partition coefficient (Wildman–Crippen LogP) is 2.02. The third-order valence-electron chi connectivity index (χ3n) is 4.07. The monoisotopic (exact) mass is 293 g/mol. The van der Waals surface area contributed by atoms with Gasteiger partial charge in [-0.05, 0) is 12.8 Å². The number of carboxylic acids is 1. The van der Waals surface area contributed by atoms with E-state index in [2.05, 4.69) is 10.4 Å². The van der Waals surface area contributed by atoms with Crippen LogP contribution in [-0.4, -0.2) is 26.8 Å². The van der Waals surface area contributed by atoms with E-state index in [4.69, 9.17) is 0 Å². The van der Waals surface area contributed by atoms with Crippen molar-refractivity contribution >= 4 is 11.9 Å². The van der Waals surface area contributed by atoms with Crippen LogP contribution in [0, 0.1) is 5.92 Å². The zero-order valence-corrected chi connectivity index (χ0v) is 12.4. The van der Waals surface area contributed by atoms with Gasteiger partial charge in [0.25, 0.3) is 0 Å². The van der Waals surface area contributed by atoms with Gasteiger partial charge in [-0.25, -0.2) is 4.79 Å². The van der Waals surface area contributed by atoms with Crippen molar-refractivity contribution in [1.82, 2.24) is 15.1 Å². The number of nitrogens with zero attached hydrogens (tertiary/aromatic N) is 2. The van der Waals surface area contributed by atoms with Gasteiger partial charge in [0.15, 0.2) is 6.04 Å². The molecule has 2 rings (SSSR count). The van der Waals surface area contributed by atoms with Gasteiger partial charge in [0.05, 0.1) is 6.20 Å². The standard InChI is InChI=1S/C15H23N3O3/c1-18-10-12(9-16-18)13(15(20)21)17-14(19)11-7-5-3-2-4-6-8-11/h9-11,13H,2-8H2,1H3,(H,17,19)(H,20,21). The lowest BCUT2D eigenvalue weighted by Crippen LogP contribution is -2.37. The Kier molecular flexibility index (Phi) is 5.36. The molecule has 0 spiro atoms. The van der Waals surface area contributed by atoms with Gasteiger partial charge in [-0.2, -0.15) is 5.10 Å². The highest BCUT2D eigenvalue weighted by molar-refractivity contribution is 5.85. The Morgan fingerprint density at radius 3 is 2.43 bits per heavy atom. The summed E-state index contributed by atoms with van der Waals surface area (Å²) < 4.78 is 1.53. The van der Waals surface area contributed by atoms with E-state index < -0.39 is 12.0 Å². The number of amides is 1. The molecule has 1 aliphatic rings. The first-order chi connectivity index (χ1) is 10.1. The largest absolute Gasteiger partial charge is 0.479 e. The second kappa shape index (κ2) is 7.24. The third-order valence-corrected chi connectivity index (χ3v) is 4.07. The highest BCUT2D eigenvalue weighted by Gasteiger charge is 2.27. The number of hydrogen-bond acceptors (Lipinski definition) is 3. The maximum Gasteiger partial charge on any atom is 0.331 e. The normalized spacial score (nSPS) is 18.5. The second-order valence-corrected chi connectivity index (χ2v) is 5.77. The summed E-state index contributed by atoms with van der Waals surface area (Å²) in [4.78, 5) is 23.8. The van der Waals surface area contributed by atoms with Crippen LogP contribution < -0.4 is 5.32 Å². The lowest BCUT2D eigenvalue weighted by atomic mass is 9.90. The number of aromatic nitrogens is 2. The Bertz CT molecular complexity index is 490. The average Bonchev–Trinajstić information content (AvgIpc) is 2.81. The van der Waals surface area contributed by atoms with Crippen molar-refractivity contribution in [3.63, 3.8) is 0 Å². The first-order valence-corrected chi connectivity index (χ1v) is 7.59. The van der Waals surface area contributed by atoms with Crippen LogP contribution >= 0.6 is 0 Å². The maximum absolute atomic E-state index is 12.4. The Morgan fingerprint density at radius 2 is 1.90 bits per heavy atom. The number of carboxylic acid groups (broad SMARTS) is 1. The van der Waals surface area contributed by atoms with Crippen LogP contribution in [0.2, 0.25) is 0 Å². The molecular weight excluding hydrogens is 270 g/mol. The summed E-state index contributed by atoms with van der Waals surface area (Å²) in [6.45, 7) is 0. The fraction of sp³-hybridized carbons (Fsp3) is 0.667. The molecule has 1 aliphatic carbocycles. The molecule has 0 bridgehead atoms. The van der Waals surface area contributed by atoms with E-state index in [9.17, 15) is 14.7 Å². The highest BCUT2D eigenvalue weighted by atomic mass is 16.4. The maximum atomic E-state index is 12.4. The fourth-order valence-electron chi connectivity index (χ4n) is 2.86. The number of aliphatic carboxylic acids is 1. The fourth-order valence-corrected chi connectivity index (χ4v) is 2.86. The van der Waals surface area contributed by atoms with Crippen LogP contribution in [0.15, 0.2) is 12.4 Å². The van der Waals surface area contributed by atoms with E-state index in [1.54, 1.807) is 13.2 Å². The summed E-state index contributed by atoms with van der Waals surface area (Å²) >= 11 is 0. The molecule has 21 heavy (non-hydrogen) atoms. The molecule has 0 aromatic carbocycles. The van der Waals surface area contributed by atoms with Crippen LogP contribution in [0.3, 0.4) is 0 Å². The summed E-state index contributed by atoms with van der Waals surface area (Å²) in [6, 6.07) is -1.02. The summed E-state index contributed by atoms with van der Waals surface area (Å²) in [5.41, 5.74) is 0.504. The summed E-state index contributed by atoms with van der Waals surface area (Å²) in [6.07, 6.45) is 10.5. The topological polar surface area (TPSA) is 84.2 Å². The van der Waals surface area contributed by atoms with Gasteiger partial charge in [-0.1, -0.05) is 32.1 Å². The van der Waals surface area contributed by atoms with Crippen LogP contribution in [0.5, 0.6) is 0 Å². The van der Waals surface area contributed by atoms with Gasteiger partial charge in [0.2, 0.25) is 5.91 Å². The number of aryl methyl sites for hydroxylation is 1. The van der Waals surface area contributed by atoms with E-state index in [-0.39, 0.29) is 11.8 Å². The lowest BCUT2D eigenvalue weighted by Gasteiger charge is -2.21. The number of carbonyl (C=O) groups is 2. The van der Waals surface area contributed by atoms with Gasteiger partial charge < -0.3 is 10.4 Å². The van der Waals surface area contributed by atoms with E-state index in [1.165, 1.54) is 17.3 Å². The minimum Gasteiger partial charge on any atom is -0.479 e. The molecule has 0 aliphatic heterocycles. The van der Waals surface area contributed by atoms with Crippen LogP contribution in [0.4, 0.5) is 0 Å². The molecule has 116 valence electrons. The molecule has 0 saturated heterocycles. The van der Waals surface area contributed by atoms with Crippen LogP contribution in [0.1, 0.15) is 56.6 Å². The third kappa shape index (κ3) is 4.31. The minimum absolute atomic E-state index is 0.0659. The smallest absolute Gasteiger partial charge is 0.331 e. The van der Waals surface area contributed by atoms with E-state index in [0.29, 0.717) is 5.56 Å². The summed E-state index contributed by atoms with van der Waals surface area (Å²) in [7, 11) is 1.72. The second-order valence-electron chi connectivity index (χ2n) is 5.77. The van der Waals surface area contributed by atoms with Gasteiger partial charge in [-0.3, -0.25) is 9.48 Å². The van der Waals surface area contributed by atoms with Gasteiger partial charge in [0, 0.05) is 24.7 Å². The molecule has 1 amide bonds. The highest BCUT2D eigenvalue weighted by Crippen LogP contribution is 2.23. The van der Waals surface area contributed by atoms with Gasteiger partial charge >= 0.3 is 5.97 Å². The quantitative estimate of drug-likeness (QED) is 0.889. The van der Waals surface area contributed by atoms with Crippen molar-refractivity contribution in [2.75, 3.05) is 0 Å². The van der Waals surface area contributed by atoms with Crippen molar-refractivity contribution in [1.29, 1.82) is 0 Å². The van der Waals surface area contributed by atoms with E-state index >= 15 is 0 Å². The van der Waals surface area contributed by atoms with E-state index in [1.807, 2.05) is 0 Å².